The number of ether oxygens (including phenoxy) is 2. The summed E-state index contributed by atoms with van der Waals surface area (Å²) in [6.07, 6.45) is 4.81. The van der Waals surface area contributed by atoms with Crippen molar-refractivity contribution in [1.29, 1.82) is 0 Å². The SMILES string of the molecule is C#CC(C)(C)O.C[C@H]1COc2ccc(Br)cc2N(C)C1=O.C[C@H]1COc2ccc(C#CC(C)(C)O)cc2N(C)C1=O. The van der Waals surface area contributed by atoms with Crippen LogP contribution in [0.4, 0.5) is 11.4 Å². The van der Waals surface area contributed by atoms with Gasteiger partial charge in [-0.2, -0.15) is 0 Å². The number of carbonyl (C=O) groups excluding carboxylic acids is 2. The van der Waals surface area contributed by atoms with Gasteiger partial charge in [0.1, 0.15) is 22.7 Å². The molecule has 0 aromatic heterocycles. The summed E-state index contributed by atoms with van der Waals surface area (Å²) in [5.74, 6) is 9.12. The largest absolute Gasteiger partial charge is 0.491 e. The molecule has 4 rings (SSSR count). The predicted molar refractivity (Wildman–Crippen MR) is 165 cm³/mol. The number of nitrogens with zero attached hydrogens (tertiary/aromatic N) is 2. The number of terminal acetylenes is 1. The molecule has 0 fully saturated rings. The van der Waals surface area contributed by atoms with Gasteiger partial charge in [-0.05, 0) is 64.1 Å². The zero-order valence-electron chi connectivity index (χ0n) is 24.9. The van der Waals surface area contributed by atoms with Gasteiger partial charge >= 0.3 is 0 Å². The lowest BCUT2D eigenvalue weighted by atomic mass is 10.1. The molecule has 2 amide bonds. The molecule has 220 valence electrons. The maximum atomic E-state index is 12.1. The van der Waals surface area contributed by atoms with Gasteiger partial charge < -0.3 is 29.5 Å². The number of fused-ring (bicyclic) bond motifs is 2. The standard InChI is InChI=1S/C16H19NO3.C11H12BrNO2.C5H8O/c1-11-10-20-14-6-5-12(7-8-16(2,3)19)9-13(14)17(4)15(11)18;1-7-6-15-10-4-3-8(12)5-9(10)13(2)11(7)14;1-4-5(2,3)6/h5-6,9,11,19H,10H2,1-4H3;3-5,7H,6H2,1-2H3;1,6H,2-3H3/t11-;7-;/m00./s1. The molecule has 2 aliphatic rings. The van der Waals surface area contributed by atoms with E-state index in [-0.39, 0.29) is 23.7 Å². The monoisotopic (exact) mass is 626 g/mol. The van der Waals surface area contributed by atoms with Crippen LogP contribution in [0.25, 0.3) is 0 Å². The number of hydrogen-bond donors (Lipinski definition) is 2. The van der Waals surface area contributed by atoms with Gasteiger partial charge in [-0.25, -0.2) is 0 Å². The Hall–Kier alpha value is -3.50. The topological polar surface area (TPSA) is 99.5 Å². The Morgan fingerprint density at radius 1 is 0.854 bits per heavy atom. The van der Waals surface area contributed by atoms with Crippen LogP contribution in [0.1, 0.15) is 47.1 Å². The highest BCUT2D eigenvalue weighted by molar-refractivity contribution is 9.10. The highest BCUT2D eigenvalue weighted by atomic mass is 79.9. The molecule has 0 radical (unpaired) electrons. The molecular weight excluding hydrogens is 588 g/mol. The van der Waals surface area contributed by atoms with E-state index in [4.69, 9.17) is 21.0 Å². The Bertz CT molecular complexity index is 1360. The summed E-state index contributed by atoms with van der Waals surface area (Å²) in [5, 5.41) is 18.2. The Balaban J connectivity index is 0.000000246. The first-order valence-corrected chi connectivity index (χ1v) is 13.9. The second-order valence-electron chi connectivity index (χ2n) is 11.0. The fourth-order valence-electron chi connectivity index (χ4n) is 3.55. The van der Waals surface area contributed by atoms with Gasteiger partial charge in [0.25, 0.3) is 0 Å². The summed E-state index contributed by atoms with van der Waals surface area (Å²) in [6, 6.07) is 11.1. The van der Waals surface area contributed by atoms with Gasteiger partial charge in [0.2, 0.25) is 11.8 Å². The first kappa shape index (κ1) is 33.7. The number of hydrogen-bond acceptors (Lipinski definition) is 6. The van der Waals surface area contributed by atoms with E-state index in [1.54, 1.807) is 51.6 Å². The van der Waals surface area contributed by atoms with Crippen molar-refractivity contribution < 1.29 is 29.3 Å². The van der Waals surface area contributed by atoms with Crippen molar-refractivity contribution in [2.45, 2.75) is 52.7 Å². The smallest absolute Gasteiger partial charge is 0.233 e. The van der Waals surface area contributed by atoms with Gasteiger partial charge in [-0.3, -0.25) is 9.59 Å². The minimum Gasteiger partial charge on any atom is -0.491 e. The molecule has 9 heteroatoms. The Kier molecular flexibility index (Phi) is 11.4. The molecule has 0 saturated heterocycles. The Labute approximate surface area is 251 Å². The first-order chi connectivity index (χ1) is 18.9. The lowest BCUT2D eigenvalue weighted by molar-refractivity contribution is -0.122. The third-order valence-electron chi connectivity index (χ3n) is 5.95. The van der Waals surface area contributed by atoms with Crippen LogP contribution in [0.15, 0.2) is 40.9 Å². The number of amides is 2. The molecular formula is C32H39BrN2O6. The molecule has 41 heavy (non-hydrogen) atoms. The summed E-state index contributed by atoms with van der Waals surface area (Å²) >= 11 is 3.38. The fourth-order valence-corrected chi connectivity index (χ4v) is 3.90. The number of benzene rings is 2. The van der Waals surface area contributed by atoms with E-state index in [2.05, 4.69) is 33.7 Å². The van der Waals surface area contributed by atoms with E-state index in [1.165, 1.54) is 0 Å². The van der Waals surface area contributed by atoms with E-state index >= 15 is 0 Å². The van der Waals surface area contributed by atoms with Crippen molar-refractivity contribution in [3.8, 4) is 35.7 Å². The summed E-state index contributed by atoms with van der Waals surface area (Å²) < 4.78 is 12.2. The molecule has 0 bridgehead atoms. The minimum absolute atomic E-state index is 0.0244. The molecule has 2 heterocycles. The van der Waals surface area contributed by atoms with Crippen molar-refractivity contribution >= 4 is 39.1 Å². The van der Waals surface area contributed by atoms with E-state index in [9.17, 15) is 14.7 Å². The molecule has 2 aromatic rings. The van der Waals surface area contributed by atoms with E-state index < -0.39 is 11.2 Å². The van der Waals surface area contributed by atoms with Crippen LogP contribution < -0.4 is 19.3 Å². The maximum absolute atomic E-state index is 12.1. The van der Waals surface area contributed by atoms with Gasteiger partial charge in [0.15, 0.2) is 0 Å². The lowest BCUT2D eigenvalue weighted by Crippen LogP contribution is -2.31. The van der Waals surface area contributed by atoms with Crippen molar-refractivity contribution in [2.24, 2.45) is 11.8 Å². The van der Waals surface area contributed by atoms with E-state index in [0.717, 1.165) is 21.5 Å². The van der Waals surface area contributed by atoms with Crippen LogP contribution in [0.2, 0.25) is 0 Å². The molecule has 2 aromatic carbocycles. The quantitative estimate of drug-likeness (QED) is 0.414. The van der Waals surface area contributed by atoms with Crippen molar-refractivity contribution in [1.82, 2.24) is 0 Å². The predicted octanol–water partition coefficient (Wildman–Crippen LogP) is 4.63. The maximum Gasteiger partial charge on any atom is 0.233 e. The van der Waals surface area contributed by atoms with Gasteiger partial charge in [-0.1, -0.05) is 47.5 Å². The van der Waals surface area contributed by atoms with Gasteiger partial charge in [0, 0.05) is 24.1 Å². The molecule has 2 N–H and O–H groups in total. The number of anilines is 2. The number of rotatable bonds is 0. The normalized spacial score (nSPS) is 18.1. The van der Waals surface area contributed by atoms with Crippen LogP contribution >= 0.6 is 15.9 Å². The molecule has 0 unspecified atom stereocenters. The van der Waals surface area contributed by atoms with Crippen molar-refractivity contribution in [3.05, 3.63) is 46.4 Å². The summed E-state index contributed by atoms with van der Waals surface area (Å²) in [4.78, 5) is 27.2. The van der Waals surface area contributed by atoms with Gasteiger partial charge in [0.05, 0.1) is 36.4 Å². The minimum atomic E-state index is -1.04. The number of aliphatic hydroxyl groups is 2. The molecule has 0 aliphatic carbocycles. The zero-order chi connectivity index (χ0) is 31.1. The van der Waals surface area contributed by atoms with Crippen LogP contribution in [0.5, 0.6) is 11.5 Å². The van der Waals surface area contributed by atoms with Gasteiger partial charge in [-0.15, -0.1) is 6.42 Å². The number of carbonyl (C=O) groups is 2. The van der Waals surface area contributed by atoms with E-state index in [1.807, 2.05) is 50.2 Å². The summed E-state index contributed by atoms with van der Waals surface area (Å²) in [6.45, 7) is 10.9. The first-order valence-electron chi connectivity index (χ1n) is 13.1. The summed E-state index contributed by atoms with van der Waals surface area (Å²) in [5.41, 5.74) is 0.295. The highest BCUT2D eigenvalue weighted by Crippen LogP contribution is 2.34. The molecule has 2 atom stereocenters. The molecule has 0 spiro atoms. The second kappa shape index (κ2) is 13.9. The Morgan fingerprint density at radius 2 is 1.29 bits per heavy atom. The molecule has 0 saturated carbocycles. The van der Waals surface area contributed by atoms with Crippen LogP contribution in [0, 0.1) is 36.0 Å². The second-order valence-corrected chi connectivity index (χ2v) is 11.9. The highest BCUT2D eigenvalue weighted by Gasteiger charge is 2.27. The summed E-state index contributed by atoms with van der Waals surface area (Å²) in [7, 11) is 3.51. The molecule has 2 aliphatic heterocycles. The zero-order valence-corrected chi connectivity index (χ0v) is 26.5. The van der Waals surface area contributed by atoms with Crippen LogP contribution in [-0.4, -0.2) is 60.5 Å². The molecule has 8 nitrogen and oxygen atoms in total. The van der Waals surface area contributed by atoms with E-state index in [0.29, 0.717) is 24.7 Å². The average molecular weight is 628 g/mol. The third-order valence-corrected chi connectivity index (χ3v) is 6.44. The average Bonchev–Trinajstić information content (AvgIpc) is 3.08. The fraction of sp³-hybridized carbons (Fsp3) is 0.438. The lowest BCUT2D eigenvalue weighted by Gasteiger charge is -2.17. The van der Waals surface area contributed by atoms with Crippen LogP contribution in [0.3, 0.4) is 0 Å². The van der Waals surface area contributed by atoms with Crippen molar-refractivity contribution in [2.75, 3.05) is 37.1 Å². The third kappa shape index (κ3) is 10.1. The van der Waals surface area contributed by atoms with Crippen LogP contribution in [-0.2, 0) is 9.59 Å². The Morgan fingerprint density at radius 3 is 1.73 bits per heavy atom. The number of halogens is 1. The van der Waals surface area contributed by atoms with Crippen molar-refractivity contribution in [3.63, 3.8) is 0 Å².